The normalized spacial score (nSPS) is 14.4. The monoisotopic (exact) mass is 247 g/mol. The summed E-state index contributed by atoms with van der Waals surface area (Å²) in [4.78, 5) is 14.4. The Morgan fingerprint density at radius 1 is 1.39 bits per heavy atom. The lowest BCUT2D eigenvalue weighted by atomic mass is 10.0. The van der Waals surface area contributed by atoms with Gasteiger partial charge in [0.05, 0.1) is 24.6 Å². The fourth-order valence-electron chi connectivity index (χ4n) is 2.38. The molecule has 18 heavy (non-hydrogen) atoms. The van der Waals surface area contributed by atoms with Crippen LogP contribution in [0.25, 0.3) is 0 Å². The van der Waals surface area contributed by atoms with Crippen LogP contribution in [-0.4, -0.2) is 14.5 Å². The molecular weight excluding hydrogens is 234 g/mol. The average Bonchev–Trinajstić information content (AvgIpc) is 2.98. The summed E-state index contributed by atoms with van der Waals surface area (Å²) in [6, 6.07) is 3.03. The van der Waals surface area contributed by atoms with Gasteiger partial charge in [-0.05, 0) is 31.7 Å². The Morgan fingerprint density at radius 2 is 2.22 bits per heavy atom. The molecule has 0 bridgehead atoms. The highest BCUT2D eigenvalue weighted by molar-refractivity contribution is 5.21. The molecule has 0 saturated carbocycles. The van der Waals surface area contributed by atoms with Gasteiger partial charge in [0.1, 0.15) is 10.7 Å². The van der Waals surface area contributed by atoms with Crippen molar-refractivity contribution >= 4 is 5.88 Å². The molecule has 2 heterocycles. The molecule has 94 valence electrons. The topological polar surface area (TPSA) is 74.1 Å². The lowest BCUT2D eigenvalue weighted by Crippen LogP contribution is -2.08. The molecule has 2 aromatic heterocycles. The number of rotatable bonds is 3. The lowest BCUT2D eigenvalue weighted by molar-refractivity contribution is -0.402. The number of hydrogen-bond donors (Lipinski definition) is 0. The molecule has 3 rings (SSSR count). The van der Waals surface area contributed by atoms with Crippen molar-refractivity contribution in [3.63, 3.8) is 0 Å². The van der Waals surface area contributed by atoms with Gasteiger partial charge in [-0.3, -0.25) is 10.1 Å². The van der Waals surface area contributed by atoms with Gasteiger partial charge in [-0.15, -0.1) is 0 Å². The first-order valence-corrected chi connectivity index (χ1v) is 6.00. The van der Waals surface area contributed by atoms with Gasteiger partial charge in [-0.25, -0.2) is 4.98 Å². The number of hydrogen-bond acceptors (Lipinski definition) is 4. The standard InChI is InChI=1S/C12H13N3O3/c16-15(17)12-6-5-9(18-12)7-14-8-13-10-3-1-2-4-11(10)14/h5-6,8H,1-4,7H2. The van der Waals surface area contributed by atoms with E-state index in [4.69, 9.17) is 4.42 Å². The molecule has 6 heteroatoms. The summed E-state index contributed by atoms with van der Waals surface area (Å²) in [6.45, 7) is 0.510. The second kappa shape index (κ2) is 4.29. The third-order valence-electron chi connectivity index (χ3n) is 3.26. The molecule has 0 aromatic carbocycles. The molecule has 0 aliphatic heterocycles. The highest BCUT2D eigenvalue weighted by Gasteiger charge is 2.17. The van der Waals surface area contributed by atoms with Crippen LogP contribution in [0, 0.1) is 10.1 Å². The molecule has 2 aromatic rings. The molecule has 0 atom stereocenters. The van der Waals surface area contributed by atoms with Gasteiger partial charge in [0.25, 0.3) is 0 Å². The summed E-state index contributed by atoms with van der Waals surface area (Å²) in [6.07, 6.45) is 6.22. The second-order valence-corrected chi connectivity index (χ2v) is 4.47. The molecule has 1 aliphatic carbocycles. The predicted molar refractivity (Wildman–Crippen MR) is 63.3 cm³/mol. The van der Waals surface area contributed by atoms with Crippen LogP contribution in [0.5, 0.6) is 0 Å². The Morgan fingerprint density at radius 3 is 3.00 bits per heavy atom. The maximum Gasteiger partial charge on any atom is 0.433 e. The lowest BCUT2D eigenvalue weighted by Gasteiger charge is -2.12. The number of furan rings is 1. The Balaban J connectivity index is 1.83. The fourth-order valence-corrected chi connectivity index (χ4v) is 2.38. The Labute approximate surface area is 103 Å². The molecule has 0 fully saturated rings. The van der Waals surface area contributed by atoms with E-state index < -0.39 is 4.92 Å². The van der Waals surface area contributed by atoms with Crippen LogP contribution in [0.2, 0.25) is 0 Å². The molecule has 1 aliphatic rings. The van der Waals surface area contributed by atoms with E-state index in [2.05, 4.69) is 4.98 Å². The van der Waals surface area contributed by atoms with Gasteiger partial charge in [0.15, 0.2) is 0 Å². The summed E-state index contributed by atoms with van der Waals surface area (Å²) < 4.78 is 7.19. The first-order chi connectivity index (χ1) is 8.74. The smallest absolute Gasteiger partial charge is 0.404 e. The van der Waals surface area contributed by atoms with E-state index in [0.717, 1.165) is 18.5 Å². The van der Waals surface area contributed by atoms with Gasteiger partial charge in [0, 0.05) is 5.69 Å². The Bertz CT molecular complexity index is 585. The Hall–Kier alpha value is -2.11. The SMILES string of the molecule is O=[N+]([O-])c1ccc(Cn2cnc3c2CCCC3)o1. The number of aromatic nitrogens is 2. The van der Waals surface area contributed by atoms with Crippen molar-refractivity contribution < 1.29 is 9.34 Å². The number of imidazole rings is 1. The van der Waals surface area contributed by atoms with Crippen molar-refractivity contribution in [1.29, 1.82) is 0 Å². The quantitative estimate of drug-likeness (QED) is 0.616. The molecule has 0 spiro atoms. The van der Waals surface area contributed by atoms with E-state index in [1.165, 1.54) is 24.6 Å². The van der Waals surface area contributed by atoms with Crippen molar-refractivity contribution in [2.45, 2.75) is 32.2 Å². The van der Waals surface area contributed by atoms with Crippen LogP contribution < -0.4 is 0 Å². The zero-order valence-electron chi connectivity index (χ0n) is 9.83. The van der Waals surface area contributed by atoms with E-state index in [-0.39, 0.29) is 5.88 Å². The van der Waals surface area contributed by atoms with Crippen molar-refractivity contribution in [1.82, 2.24) is 9.55 Å². The summed E-state index contributed by atoms with van der Waals surface area (Å²) in [5.41, 5.74) is 2.39. The molecular formula is C12H13N3O3. The largest absolute Gasteiger partial charge is 0.433 e. The van der Waals surface area contributed by atoms with Crippen LogP contribution in [-0.2, 0) is 19.4 Å². The Kier molecular flexibility index (Phi) is 2.62. The van der Waals surface area contributed by atoms with Crippen molar-refractivity contribution in [2.75, 3.05) is 0 Å². The summed E-state index contributed by atoms with van der Waals surface area (Å²) in [7, 11) is 0. The first kappa shape index (κ1) is 11.0. The maximum atomic E-state index is 10.5. The fraction of sp³-hybridized carbons (Fsp3) is 0.417. The van der Waals surface area contributed by atoms with Crippen molar-refractivity contribution in [3.8, 4) is 0 Å². The van der Waals surface area contributed by atoms with Gasteiger partial charge in [-0.2, -0.15) is 0 Å². The minimum atomic E-state index is -0.521. The minimum Gasteiger partial charge on any atom is -0.404 e. The average molecular weight is 247 g/mol. The van der Waals surface area contributed by atoms with Gasteiger partial charge in [0.2, 0.25) is 0 Å². The zero-order valence-corrected chi connectivity index (χ0v) is 9.83. The predicted octanol–water partition coefficient (Wildman–Crippen LogP) is 2.31. The third-order valence-corrected chi connectivity index (χ3v) is 3.26. The third kappa shape index (κ3) is 1.90. The molecule has 0 unspecified atom stereocenters. The molecule has 0 amide bonds. The number of fused-ring (bicyclic) bond motifs is 1. The van der Waals surface area contributed by atoms with E-state index in [1.807, 2.05) is 4.57 Å². The zero-order chi connectivity index (χ0) is 12.5. The number of aryl methyl sites for hydroxylation is 1. The first-order valence-electron chi connectivity index (χ1n) is 6.00. The van der Waals surface area contributed by atoms with Crippen molar-refractivity contribution in [3.05, 3.63) is 45.7 Å². The van der Waals surface area contributed by atoms with Gasteiger partial charge >= 0.3 is 5.88 Å². The van der Waals surface area contributed by atoms with E-state index in [1.54, 1.807) is 12.4 Å². The summed E-state index contributed by atoms with van der Waals surface area (Å²) in [5.74, 6) is 0.381. The van der Waals surface area contributed by atoms with E-state index in [9.17, 15) is 10.1 Å². The minimum absolute atomic E-state index is 0.209. The second-order valence-electron chi connectivity index (χ2n) is 4.47. The maximum absolute atomic E-state index is 10.5. The number of nitrogens with zero attached hydrogens (tertiary/aromatic N) is 3. The van der Waals surface area contributed by atoms with Crippen LogP contribution in [0.15, 0.2) is 22.9 Å². The summed E-state index contributed by atoms with van der Waals surface area (Å²) >= 11 is 0. The molecule has 6 nitrogen and oxygen atoms in total. The number of nitro groups is 1. The van der Waals surface area contributed by atoms with Gasteiger partial charge in [-0.1, -0.05) is 0 Å². The van der Waals surface area contributed by atoms with Crippen LogP contribution in [0.1, 0.15) is 30.0 Å². The molecule has 0 saturated heterocycles. The van der Waals surface area contributed by atoms with E-state index >= 15 is 0 Å². The van der Waals surface area contributed by atoms with Crippen LogP contribution in [0.3, 0.4) is 0 Å². The molecule has 0 radical (unpaired) electrons. The van der Waals surface area contributed by atoms with Gasteiger partial charge < -0.3 is 8.98 Å². The molecule has 0 N–H and O–H groups in total. The highest BCUT2D eigenvalue weighted by atomic mass is 16.6. The summed E-state index contributed by atoms with van der Waals surface area (Å²) in [5, 5.41) is 10.5. The van der Waals surface area contributed by atoms with Crippen LogP contribution in [0.4, 0.5) is 5.88 Å². The van der Waals surface area contributed by atoms with E-state index in [0.29, 0.717) is 12.3 Å². The highest BCUT2D eigenvalue weighted by Crippen LogP contribution is 2.22. The van der Waals surface area contributed by atoms with Crippen molar-refractivity contribution in [2.24, 2.45) is 0 Å². The van der Waals surface area contributed by atoms with Crippen LogP contribution >= 0.6 is 0 Å².